The van der Waals surface area contributed by atoms with Gasteiger partial charge in [0.05, 0.1) is 27.2 Å². The van der Waals surface area contributed by atoms with Crippen molar-refractivity contribution in [3.8, 4) is 17.2 Å². The number of rotatable bonds is 8. The molecule has 0 aromatic heterocycles. The second-order valence-corrected chi connectivity index (χ2v) is 7.55. The molecule has 1 N–H and O–H groups in total. The predicted molar refractivity (Wildman–Crippen MR) is 118 cm³/mol. The largest absolute Gasteiger partial charge is 0.497 e. The maximum atomic E-state index is 13.2. The number of hydrogen-bond acceptors (Lipinski definition) is 5. The summed E-state index contributed by atoms with van der Waals surface area (Å²) in [6, 6.07) is 12.6. The second-order valence-electron chi connectivity index (χ2n) is 7.55. The van der Waals surface area contributed by atoms with E-state index in [1.165, 1.54) is 0 Å². The van der Waals surface area contributed by atoms with Crippen molar-refractivity contribution >= 4 is 11.8 Å². The third-order valence-electron chi connectivity index (χ3n) is 5.67. The molecule has 31 heavy (non-hydrogen) atoms. The van der Waals surface area contributed by atoms with Crippen LogP contribution in [0.15, 0.2) is 42.5 Å². The number of benzene rings is 2. The Hall–Kier alpha value is -3.22. The van der Waals surface area contributed by atoms with Gasteiger partial charge < -0.3 is 24.4 Å². The lowest BCUT2D eigenvalue weighted by atomic mass is 9.87. The van der Waals surface area contributed by atoms with Crippen molar-refractivity contribution in [2.24, 2.45) is 5.92 Å². The summed E-state index contributed by atoms with van der Waals surface area (Å²) >= 11 is 0. The first-order chi connectivity index (χ1) is 15.0. The SMILES string of the molecule is CCCNC(=O)[C@@H]1CN(C(=O)c2ccc(OC)cc2)C[C@H]1c1cc(OC)ccc1OC. The lowest BCUT2D eigenvalue weighted by Crippen LogP contribution is -2.36. The molecule has 2 atom stereocenters. The van der Waals surface area contributed by atoms with Gasteiger partial charge in [0, 0.05) is 36.7 Å². The van der Waals surface area contributed by atoms with E-state index in [1.54, 1.807) is 50.5 Å². The Bertz CT molecular complexity index is 913. The van der Waals surface area contributed by atoms with E-state index in [9.17, 15) is 9.59 Å². The van der Waals surface area contributed by atoms with Crippen LogP contribution in [0.1, 0.15) is 35.2 Å². The first-order valence-electron chi connectivity index (χ1n) is 10.4. The summed E-state index contributed by atoms with van der Waals surface area (Å²) in [6.07, 6.45) is 0.847. The van der Waals surface area contributed by atoms with E-state index < -0.39 is 0 Å². The molecule has 7 nitrogen and oxygen atoms in total. The van der Waals surface area contributed by atoms with Crippen molar-refractivity contribution in [2.75, 3.05) is 41.0 Å². The van der Waals surface area contributed by atoms with Crippen LogP contribution in [0.3, 0.4) is 0 Å². The summed E-state index contributed by atoms with van der Waals surface area (Å²) in [6.45, 7) is 3.37. The molecular formula is C24H30N2O5. The van der Waals surface area contributed by atoms with Gasteiger partial charge in [-0.05, 0) is 48.9 Å². The fraction of sp³-hybridized carbons (Fsp3) is 0.417. The third kappa shape index (κ3) is 4.93. The van der Waals surface area contributed by atoms with E-state index in [4.69, 9.17) is 14.2 Å². The molecule has 7 heteroatoms. The molecule has 3 rings (SSSR count). The monoisotopic (exact) mass is 426 g/mol. The Kier molecular flexibility index (Phi) is 7.39. The summed E-state index contributed by atoms with van der Waals surface area (Å²) in [7, 11) is 4.79. The number of amides is 2. The maximum Gasteiger partial charge on any atom is 0.253 e. The number of carbonyl (C=O) groups excluding carboxylic acids is 2. The van der Waals surface area contributed by atoms with Gasteiger partial charge in [-0.15, -0.1) is 0 Å². The highest BCUT2D eigenvalue weighted by Crippen LogP contribution is 2.40. The smallest absolute Gasteiger partial charge is 0.253 e. The van der Waals surface area contributed by atoms with Crippen LogP contribution in [0.4, 0.5) is 0 Å². The van der Waals surface area contributed by atoms with Crippen molar-refractivity contribution in [3.63, 3.8) is 0 Å². The average Bonchev–Trinajstić information content (AvgIpc) is 3.27. The summed E-state index contributed by atoms with van der Waals surface area (Å²) in [5, 5.41) is 2.99. The van der Waals surface area contributed by atoms with Crippen molar-refractivity contribution in [2.45, 2.75) is 19.3 Å². The van der Waals surface area contributed by atoms with E-state index in [-0.39, 0.29) is 23.7 Å². The van der Waals surface area contributed by atoms with E-state index in [1.807, 2.05) is 25.1 Å². The maximum absolute atomic E-state index is 13.2. The zero-order valence-corrected chi connectivity index (χ0v) is 18.5. The van der Waals surface area contributed by atoms with Gasteiger partial charge in [0.25, 0.3) is 5.91 Å². The van der Waals surface area contributed by atoms with E-state index in [0.29, 0.717) is 42.4 Å². The zero-order valence-electron chi connectivity index (χ0n) is 18.5. The van der Waals surface area contributed by atoms with E-state index in [2.05, 4.69) is 5.32 Å². The van der Waals surface area contributed by atoms with Crippen molar-refractivity contribution < 1.29 is 23.8 Å². The van der Waals surface area contributed by atoms with Gasteiger partial charge in [-0.2, -0.15) is 0 Å². The Balaban J connectivity index is 1.92. The molecule has 1 heterocycles. The standard InChI is InChI=1S/C24H30N2O5/c1-5-12-25-23(27)21-15-26(24(28)16-6-8-17(29-2)9-7-16)14-20(21)19-13-18(30-3)10-11-22(19)31-4/h6-11,13,20-21H,5,12,14-15H2,1-4H3,(H,25,27)/t20-,21+/m0/s1. The number of nitrogens with zero attached hydrogens (tertiary/aromatic N) is 1. The van der Waals surface area contributed by atoms with Crippen LogP contribution in [0, 0.1) is 5.92 Å². The molecule has 0 radical (unpaired) electrons. The van der Waals surface area contributed by atoms with Crippen LogP contribution in [0.25, 0.3) is 0 Å². The molecule has 0 aliphatic carbocycles. The van der Waals surface area contributed by atoms with Crippen LogP contribution in [0.2, 0.25) is 0 Å². The lowest BCUT2D eigenvalue weighted by Gasteiger charge is -2.21. The number of hydrogen-bond donors (Lipinski definition) is 1. The molecule has 0 spiro atoms. The molecule has 166 valence electrons. The molecule has 1 saturated heterocycles. The highest BCUT2D eigenvalue weighted by Gasteiger charge is 2.41. The molecule has 1 aliphatic rings. The summed E-state index contributed by atoms with van der Waals surface area (Å²) in [5.41, 5.74) is 1.43. The molecule has 1 aliphatic heterocycles. The topological polar surface area (TPSA) is 77.1 Å². The molecule has 0 unspecified atom stereocenters. The van der Waals surface area contributed by atoms with E-state index in [0.717, 1.165) is 12.0 Å². The molecule has 0 bridgehead atoms. The van der Waals surface area contributed by atoms with Crippen LogP contribution in [0.5, 0.6) is 17.2 Å². The molecule has 1 fully saturated rings. The number of ether oxygens (including phenoxy) is 3. The molecule has 2 aromatic carbocycles. The fourth-order valence-electron chi connectivity index (χ4n) is 3.98. The fourth-order valence-corrected chi connectivity index (χ4v) is 3.98. The first-order valence-corrected chi connectivity index (χ1v) is 10.4. The minimum atomic E-state index is -0.380. The second kappa shape index (κ2) is 10.2. The van der Waals surface area contributed by atoms with Gasteiger partial charge in [-0.1, -0.05) is 6.92 Å². The zero-order chi connectivity index (χ0) is 22.4. The first kappa shape index (κ1) is 22.5. The molecule has 2 aromatic rings. The van der Waals surface area contributed by atoms with Gasteiger partial charge in [0.2, 0.25) is 5.91 Å². The number of carbonyl (C=O) groups is 2. The Labute approximate surface area is 183 Å². The Morgan fingerprint density at radius 2 is 1.65 bits per heavy atom. The summed E-state index contributed by atoms with van der Waals surface area (Å²) in [5.74, 6) is 1.30. The van der Waals surface area contributed by atoms with Gasteiger partial charge in [0.1, 0.15) is 17.2 Å². The minimum absolute atomic E-state index is 0.0539. The van der Waals surface area contributed by atoms with E-state index >= 15 is 0 Å². The van der Waals surface area contributed by atoms with Gasteiger partial charge in [0.15, 0.2) is 0 Å². The number of likely N-dealkylation sites (tertiary alicyclic amines) is 1. The van der Waals surface area contributed by atoms with Crippen LogP contribution in [-0.4, -0.2) is 57.7 Å². The number of nitrogens with one attached hydrogen (secondary N) is 1. The highest BCUT2D eigenvalue weighted by molar-refractivity contribution is 5.95. The summed E-state index contributed by atoms with van der Waals surface area (Å²) in [4.78, 5) is 27.9. The van der Waals surface area contributed by atoms with Crippen molar-refractivity contribution in [1.82, 2.24) is 10.2 Å². The van der Waals surface area contributed by atoms with Gasteiger partial charge in [-0.25, -0.2) is 0 Å². The van der Waals surface area contributed by atoms with Crippen LogP contribution >= 0.6 is 0 Å². The third-order valence-corrected chi connectivity index (χ3v) is 5.67. The van der Waals surface area contributed by atoms with Gasteiger partial charge >= 0.3 is 0 Å². The Morgan fingerprint density at radius 3 is 2.26 bits per heavy atom. The number of methoxy groups -OCH3 is 3. The molecule has 0 saturated carbocycles. The highest BCUT2D eigenvalue weighted by atomic mass is 16.5. The van der Waals surface area contributed by atoms with Crippen LogP contribution < -0.4 is 19.5 Å². The van der Waals surface area contributed by atoms with Crippen LogP contribution in [-0.2, 0) is 4.79 Å². The Morgan fingerprint density at radius 1 is 0.968 bits per heavy atom. The van der Waals surface area contributed by atoms with Gasteiger partial charge in [-0.3, -0.25) is 9.59 Å². The van der Waals surface area contributed by atoms with Crippen molar-refractivity contribution in [1.29, 1.82) is 0 Å². The molecule has 2 amide bonds. The quantitative estimate of drug-likeness (QED) is 0.702. The normalized spacial score (nSPS) is 17.9. The minimum Gasteiger partial charge on any atom is -0.497 e. The van der Waals surface area contributed by atoms with Crippen molar-refractivity contribution in [3.05, 3.63) is 53.6 Å². The lowest BCUT2D eigenvalue weighted by molar-refractivity contribution is -0.124. The summed E-state index contributed by atoms with van der Waals surface area (Å²) < 4.78 is 16.1. The predicted octanol–water partition coefficient (Wildman–Crippen LogP) is 3.09. The average molecular weight is 427 g/mol. The molecular weight excluding hydrogens is 396 g/mol.